The van der Waals surface area contributed by atoms with Crippen LogP contribution in [0.25, 0.3) is 12.2 Å². The number of aromatic nitrogens is 3. The van der Waals surface area contributed by atoms with E-state index < -0.39 is 35.3 Å². The summed E-state index contributed by atoms with van der Waals surface area (Å²) in [7, 11) is 0. The number of carbonyl (C=O) groups excluding carboxylic acids is 5. The topological polar surface area (TPSA) is 229 Å². The first-order valence-electron chi connectivity index (χ1n) is 23.3. The number of ether oxygens (including phenoxy) is 4. The van der Waals surface area contributed by atoms with E-state index in [1.165, 1.54) is 24.3 Å². The molecular weight excluding hydrogens is 907 g/mol. The molecule has 0 aliphatic heterocycles. The van der Waals surface area contributed by atoms with Crippen molar-refractivity contribution in [1.29, 1.82) is 0 Å². The Kier molecular flexibility index (Phi) is 18.3. The van der Waals surface area contributed by atoms with Crippen molar-refractivity contribution in [3.05, 3.63) is 94.6 Å². The quantitative estimate of drug-likeness (QED) is 0.0218. The summed E-state index contributed by atoms with van der Waals surface area (Å²) in [6.07, 6.45) is 2.83. The van der Waals surface area contributed by atoms with Crippen molar-refractivity contribution in [2.75, 3.05) is 42.4 Å². The Hall–Kier alpha value is -7.30. The summed E-state index contributed by atoms with van der Waals surface area (Å²) in [5, 5.41) is 23.1. The molecule has 0 atom stereocenters. The van der Waals surface area contributed by atoms with E-state index in [4.69, 9.17) is 18.9 Å². The van der Waals surface area contributed by atoms with Crippen LogP contribution in [0.4, 0.5) is 34.9 Å². The fraction of sp³-hybridized carbons (Fsp3) is 0.444. The van der Waals surface area contributed by atoms with Crippen molar-refractivity contribution in [3.8, 4) is 5.75 Å². The van der Waals surface area contributed by atoms with Crippen LogP contribution >= 0.6 is 0 Å². The molecule has 5 N–H and O–H groups in total. The van der Waals surface area contributed by atoms with E-state index in [0.29, 0.717) is 28.2 Å². The number of nitrogens with zero attached hydrogens (tertiary/aromatic N) is 3. The summed E-state index contributed by atoms with van der Waals surface area (Å²) >= 11 is 0. The number of aromatic hydroxyl groups is 1. The number of hydrogen-bond acceptors (Lipinski definition) is 16. The van der Waals surface area contributed by atoms with Crippen LogP contribution in [0.3, 0.4) is 0 Å². The second-order valence-corrected chi connectivity index (χ2v) is 23.0. The molecule has 1 heterocycles. The Labute approximate surface area is 417 Å². The van der Waals surface area contributed by atoms with Crippen LogP contribution in [0.2, 0.25) is 0 Å². The van der Waals surface area contributed by atoms with Crippen molar-refractivity contribution >= 4 is 76.8 Å². The number of amides is 1. The predicted octanol–water partition coefficient (Wildman–Crippen LogP) is 10.5. The lowest BCUT2D eigenvalue weighted by atomic mass is 9.98. The summed E-state index contributed by atoms with van der Waals surface area (Å²) in [4.78, 5) is 79.4. The zero-order valence-corrected chi connectivity index (χ0v) is 43.8. The Morgan fingerprint density at radius 2 is 0.761 bits per heavy atom. The van der Waals surface area contributed by atoms with E-state index >= 15 is 0 Å². The van der Waals surface area contributed by atoms with Gasteiger partial charge in [0.05, 0.1) is 32.0 Å². The lowest BCUT2D eigenvalue weighted by Gasteiger charge is -2.21. The van der Waals surface area contributed by atoms with Crippen LogP contribution in [0.15, 0.2) is 77.9 Å². The number of phenolic OH excluding ortho intramolecular Hbond substituents is 1. The van der Waals surface area contributed by atoms with Gasteiger partial charge in [0.2, 0.25) is 17.8 Å². The first kappa shape index (κ1) is 56.3. The molecule has 0 unspecified atom stereocenters. The van der Waals surface area contributed by atoms with Gasteiger partial charge in [0.1, 0.15) is 16.9 Å². The summed E-state index contributed by atoms with van der Waals surface area (Å²) in [6.45, 7) is 28.8. The number of phenols is 1. The van der Waals surface area contributed by atoms with E-state index in [9.17, 15) is 29.1 Å². The summed E-state index contributed by atoms with van der Waals surface area (Å²) in [6, 6.07) is 18.0. The first-order chi connectivity index (χ1) is 32.7. The minimum atomic E-state index is -0.800. The van der Waals surface area contributed by atoms with Gasteiger partial charge in [-0.1, -0.05) is 107 Å². The third-order valence-electron chi connectivity index (χ3n) is 9.00. The molecule has 4 aromatic rings. The van der Waals surface area contributed by atoms with Gasteiger partial charge in [0.25, 0.3) is 5.91 Å². The van der Waals surface area contributed by atoms with Crippen LogP contribution in [-0.2, 0) is 38.1 Å². The van der Waals surface area contributed by atoms with Gasteiger partial charge in [-0.3, -0.25) is 4.79 Å². The Balaban J connectivity index is 1.69. The third kappa shape index (κ3) is 20.3. The highest BCUT2D eigenvalue weighted by atomic mass is 16.6. The van der Waals surface area contributed by atoms with E-state index in [0.717, 1.165) is 0 Å². The standard InChI is InChI=1S/C54H71N7O10/c1-50(2,3)29-68-43(64)39(44(65)69-30-51(4,5)6)26-33-16-20-35(21-17-33)55-47-58-48(60-49(59-47)57-37-24-25-38(41(62)28-37)42(63)61-54(13,14)15)56-36-22-18-34(19-23-36)27-40(45(66)70-31-52(7,8)9)46(67)71-32-53(10,11)12/h16-28,62H,29-32H2,1-15H3,(H,61,63)(H3,55,56,57,58,59,60). The molecule has 0 aliphatic carbocycles. The number of hydrogen-bond donors (Lipinski definition) is 5. The highest BCUT2D eigenvalue weighted by molar-refractivity contribution is 6.18. The maximum atomic E-state index is 13.2. The lowest BCUT2D eigenvalue weighted by molar-refractivity contribution is -0.151. The van der Waals surface area contributed by atoms with Crippen LogP contribution in [0.5, 0.6) is 5.75 Å². The summed E-state index contributed by atoms with van der Waals surface area (Å²) in [5.74, 6) is -3.70. The molecule has 0 saturated carbocycles. The summed E-state index contributed by atoms with van der Waals surface area (Å²) < 4.78 is 22.0. The second kappa shape index (κ2) is 23.1. The number of anilines is 6. The maximum absolute atomic E-state index is 13.2. The lowest BCUT2D eigenvalue weighted by Crippen LogP contribution is -2.40. The van der Waals surface area contributed by atoms with E-state index in [-0.39, 0.29) is 88.4 Å². The van der Waals surface area contributed by atoms with Gasteiger partial charge in [0, 0.05) is 28.7 Å². The van der Waals surface area contributed by atoms with Crippen LogP contribution in [-0.4, -0.2) is 81.8 Å². The largest absolute Gasteiger partial charge is 0.507 e. The normalized spacial score (nSPS) is 11.9. The van der Waals surface area contributed by atoms with Gasteiger partial charge >= 0.3 is 23.9 Å². The number of nitrogens with one attached hydrogen (secondary N) is 4. The monoisotopic (exact) mass is 978 g/mol. The average molecular weight is 978 g/mol. The number of carbonyl (C=O) groups is 5. The second-order valence-electron chi connectivity index (χ2n) is 23.0. The molecule has 17 nitrogen and oxygen atoms in total. The fourth-order valence-electron chi connectivity index (χ4n) is 5.64. The molecule has 382 valence electrons. The van der Waals surface area contributed by atoms with Gasteiger partial charge in [-0.15, -0.1) is 0 Å². The molecule has 0 fully saturated rings. The van der Waals surface area contributed by atoms with Crippen molar-refractivity contribution in [3.63, 3.8) is 0 Å². The average Bonchev–Trinajstić information content (AvgIpc) is 3.23. The molecular formula is C54H71N7O10. The van der Waals surface area contributed by atoms with Crippen LogP contribution in [0, 0.1) is 21.7 Å². The molecule has 1 amide bonds. The Morgan fingerprint density at radius 3 is 1.04 bits per heavy atom. The van der Waals surface area contributed by atoms with E-state index in [1.54, 1.807) is 54.6 Å². The van der Waals surface area contributed by atoms with Crippen molar-refractivity contribution < 1.29 is 48.0 Å². The molecule has 71 heavy (non-hydrogen) atoms. The zero-order valence-electron chi connectivity index (χ0n) is 43.8. The third-order valence-corrected chi connectivity index (χ3v) is 9.00. The van der Waals surface area contributed by atoms with E-state index in [1.807, 2.05) is 104 Å². The minimum absolute atomic E-state index is 0.0507. The molecule has 1 aromatic heterocycles. The van der Waals surface area contributed by atoms with E-state index in [2.05, 4.69) is 36.2 Å². The first-order valence-corrected chi connectivity index (χ1v) is 23.3. The van der Waals surface area contributed by atoms with Crippen molar-refractivity contribution in [1.82, 2.24) is 20.3 Å². The zero-order chi connectivity index (χ0) is 53.1. The number of rotatable bonds is 17. The predicted molar refractivity (Wildman–Crippen MR) is 275 cm³/mol. The van der Waals surface area contributed by atoms with Crippen LogP contribution in [0.1, 0.15) is 125 Å². The van der Waals surface area contributed by atoms with Gasteiger partial charge < -0.3 is 45.3 Å². The van der Waals surface area contributed by atoms with Gasteiger partial charge in [-0.05, 0) is 102 Å². The molecule has 0 aliphatic rings. The maximum Gasteiger partial charge on any atom is 0.345 e. The van der Waals surface area contributed by atoms with Gasteiger partial charge in [-0.25, -0.2) is 19.2 Å². The molecule has 0 spiro atoms. The molecule has 0 radical (unpaired) electrons. The smallest absolute Gasteiger partial charge is 0.345 e. The number of esters is 4. The fourth-order valence-corrected chi connectivity index (χ4v) is 5.64. The minimum Gasteiger partial charge on any atom is -0.507 e. The molecule has 17 heteroatoms. The Morgan fingerprint density at radius 1 is 0.465 bits per heavy atom. The van der Waals surface area contributed by atoms with Crippen LogP contribution < -0.4 is 21.3 Å². The molecule has 0 saturated heterocycles. The van der Waals surface area contributed by atoms with Crippen molar-refractivity contribution in [2.24, 2.45) is 21.7 Å². The van der Waals surface area contributed by atoms with Gasteiger partial charge in [0.15, 0.2) is 0 Å². The Bertz CT molecular complexity index is 2400. The highest BCUT2D eigenvalue weighted by Gasteiger charge is 2.28. The SMILES string of the molecule is CC(C)(C)COC(=O)C(=Cc1ccc(Nc2nc(Nc3ccc(C=C(C(=O)OCC(C)(C)C)C(=O)OCC(C)(C)C)cc3)nc(Nc3ccc(C(=O)NC(C)(C)C)c(O)c3)n2)cc1)C(=O)OCC(C)(C)C. The summed E-state index contributed by atoms with van der Waals surface area (Å²) in [5.41, 5.74) is 0.158. The van der Waals surface area contributed by atoms with Crippen molar-refractivity contribution in [2.45, 2.75) is 109 Å². The molecule has 4 rings (SSSR count). The van der Waals surface area contributed by atoms with Gasteiger partial charge in [-0.2, -0.15) is 15.0 Å². The number of benzene rings is 3. The molecule has 3 aromatic carbocycles. The molecule has 0 bridgehead atoms. The highest BCUT2D eigenvalue weighted by Crippen LogP contribution is 2.28.